The number of nitrogens with one attached hydrogen (secondary N) is 1. The summed E-state index contributed by atoms with van der Waals surface area (Å²) < 4.78 is 11.4. The predicted molar refractivity (Wildman–Crippen MR) is 113 cm³/mol. The Balaban J connectivity index is 1.67. The Bertz CT molecular complexity index is 1120. The molecule has 0 saturated heterocycles. The number of rotatable bonds is 5. The van der Waals surface area contributed by atoms with Gasteiger partial charge in [0, 0.05) is 29.6 Å². The van der Waals surface area contributed by atoms with Crippen LogP contribution in [-0.4, -0.2) is 18.4 Å². The largest absolute Gasteiger partial charge is 0.460 e. The number of furan rings is 1. The lowest BCUT2D eigenvalue weighted by Gasteiger charge is -2.13. The first-order valence-corrected chi connectivity index (χ1v) is 10.1. The van der Waals surface area contributed by atoms with Crippen molar-refractivity contribution in [3.8, 4) is 5.75 Å². The summed E-state index contributed by atoms with van der Waals surface area (Å²) in [6.07, 6.45) is 7.93. The lowest BCUT2D eigenvalue weighted by atomic mass is 9.97. The van der Waals surface area contributed by atoms with Gasteiger partial charge >= 0.3 is 5.97 Å². The van der Waals surface area contributed by atoms with Gasteiger partial charge in [-0.25, -0.2) is 0 Å². The van der Waals surface area contributed by atoms with Crippen molar-refractivity contribution in [3.05, 3.63) is 53.3 Å². The number of hydrogen-bond acceptors (Lipinski definition) is 4. The van der Waals surface area contributed by atoms with Crippen molar-refractivity contribution < 1.29 is 18.7 Å². The van der Waals surface area contributed by atoms with E-state index in [0.717, 1.165) is 30.0 Å². The zero-order valence-electron chi connectivity index (χ0n) is 16.8. The van der Waals surface area contributed by atoms with Gasteiger partial charge < -0.3 is 14.5 Å². The van der Waals surface area contributed by atoms with Gasteiger partial charge in [0.05, 0.1) is 5.56 Å². The minimum atomic E-state index is -0.401. The van der Waals surface area contributed by atoms with E-state index in [4.69, 9.17) is 9.15 Å². The number of amides is 1. The van der Waals surface area contributed by atoms with E-state index < -0.39 is 5.97 Å². The minimum absolute atomic E-state index is 0.165. The molecule has 1 aromatic heterocycles. The molecule has 1 amide bonds. The minimum Gasteiger partial charge on any atom is -0.460 e. The predicted octanol–water partition coefficient (Wildman–Crippen LogP) is 5.44. The van der Waals surface area contributed by atoms with E-state index >= 15 is 0 Å². The van der Waals surface area contributed by atoms with Gasteiger partial charge in [-0.2, -0.15) is 0 Å². The fourth-order valence-electron chi connectivity index (χ4n) is 4.08. The van der Waals surface area contributed by atoms with E-state index in [9.17, 15) is 9.59 Å². The van der Waals surface area contributed by atoms with Gasteiger partial charge in [0.15, 0.2) is 0 Å². The average molecular weight is 391 g/mol. The van der Waals surface area contributed by atoms with Gasteiger partial charge in [0.25, 0.3) is 5.91 Å². The summed E-state index contributed by atoms with van der Waals surface area (Å²) in [6.45, 7) is 3.76. The van der Waals surface area contributed by atoms with Gasteiger partial charge in [-0.1, -0.05) is 35.9 Å². The van der Waals surface area contributed by atoms with Crippen LogP contribution in [0.1, 0.15) is 55.1 Å². The molecule has 0 aliphatic heterocycles. The zero-order valence-corrected chi connectivity index (χ0v) is 16.8. The molecule has 1 aliphatic rings. The molecule has 1 N–H and O–H groups in total. The first kappa shape index (κ1) is 19.2. The second-order valence-electron chi connectivity index (χ2n) is 7.54. The van der Waals surface area contributed by atoms with Crippen molar-refractivity contribution in [2.75, 3.05) is 6.54 Å². The monoisotopic (exact) mass is 391 g/mol. The molecular weight excluding hydrogens is 366 g/mol. The molecule has 4 rings (SSSR count). The third kappa shape index (κ3) is 3.90. The lowest BCUT2D eigenvalue weighted by Crippen LogP contribution is -2.25. The van der Waals surface area contributed by atoms with Gasteiger partial charge in [-0.3, -0.25) is 9.59 Å². The van der Waals surface area contributed by atoms with Crippen molar-refractivity contribution in [1.82, 2.24) is 5.32 Å². The smallest absolute Gasteiger partial charge is 0.308 e. The summed E-state index contributed by atoms with van der Waals surface area (Å²) in [5, 5.41) is 5.28. The molecule has 0 spiro atoms. The highest BCUT2D eigenvalue weighted by molar-refractivity contribution is 6.16. The Labute approximate surface area is 169 Å². The summed E-state index contributed by atoms with van der Waals surface area (Å²) in [5.74, 6) is 0.422. The fourth-order valence-corrected chi connectivity index (χ4v) is 4.08. The number of benzene rings is 2. The molecule has 1 heterocycles. The number of fused-ring (bicyclic) bond motifs is 3. The first-order chi connectivity index (χ1) is 14.0. The highest BCUT2D eigenvalue weighted by atomic mass is 16.5. The van der Waals surface area contributed by atoms with Crippen LogP contribution in [-0.2, 0) is 4.79 Å². The molecule has 0 bridgehead atoms. The van der Waals surface area contributed by atoms with Crippen molar-refractivity contribution in [2.24, 2.45) is 0 Å². The number of carbonyl (C=O) groups excluding carboxylic acids is 2. The number of carbonyl (C=O) groups is 2. The van der Waals surface area contributed by atoms with Crippen LogP contribution in [0, 0.1) is 6.92 Å². The van der Waals surface area contributed by atoms with Gasteiger partial charge in [0.1, 0.15) is 17.1 Å². The molecule has 29 heavy (non-hydrogen) atoms. The van der Waals surface area contributed by atoms with Crippen LogP contribution in [0.25, 0.3) is 21.7 Å². The Morgan fingerprint density at radius 3 is 2.66 bits per heavy atom. The highest BCUT2D eigenvalue weighted by Gasteiger charge is 2.22. The van der Waals surface area contributed by atoms with Crippen LogP contribution < -0.4 is 10.1 Å². The second-order valence-corrected chi connectivity index (χ2v) is 7.54. The van der Waals surface area contributed by atoms with E-state index in [1.54, 1.807) is 13.0 Å². The normalized spacial score (nSPS) is 14.1. The summed E-state index contributed by atoms with van der Waals surface area (Å²) in [5.41, 5.74) is 2.55. The quantitative estimate of drug-likeness (QED) is 0.357. The molecule has 0 unspecified atom stereocenters. The van der Waals surface area contributed by atoms with Crippen molar-refractivity contribution in [1.29, 1.82) is 0 Å². The van der Waals surface area contributed by atoms with E-state index in [-0.39, 0.29) is 5.91 Å². The third-order valence-electron chi connectivity index (χ3n) is 5.43. The van der Waals surface area contributed by atoms with Gasteiger partial charge in [-0.05, 0) is 45.1 Å². The second kappa shape index (κ2) is 8.11. The molecule has 2 aromatic carbocycles. The van der Waals surface area contributed by atoms with Crippen LogP contribution in [0.5, 0.6) is 5.75 Å². The van der Waals surface area contributed by atoms with Gasteiger partial charge in [0.2, 0.25) is 0 Å². The third-order valence-corrected chi connectivity index (χ3v) is 5.43. The molecule has 5 heteroatoms. The van der Waals surface area contributed by atoms with Crippen molar-refractivity contribution >= 4 is 33.6 Å². The molecule has 0 saturated carbocycles. The van der Waals surface area contributed by atoms with E-state index in [0.29, 0.717) is 34.6 Å². The van der Waals surface area contributed by atoms with Gasteiger partial charge in [-0.15, -0.1) is 0 Å². The number of allylic oxidation sites excluding steroid dienone is 1. The van der Waals surface area contributed by atoms with Crippen LogP contribution in [0.15, 0.2) is 46.4 Å². The van der Waals surface area contributed by atoms with E-state index in [1.165, 1.54) is 25.3 Å². The maximum atomic E-state index is 13.0. The summed E-state index contributed by atoms with van der Waals surface area (Å²) in [6, 6.07) is 9.29. The molecular formula is C24H25NO4. The van der Waals surface area contributed by atoms with Crippen molar-refractivity contribution in [2.45, 2.75) is 46.0 Å². The number of hydrogen-bond donors (Lipinski definition) is 1. The van der Waals surface area contributed by atoms with Crippen LogP contribution in [0.4, 0.5) is 0 Å². The standard InChI is InChI=1S/C24H25NO4/c1-15-22(24(27)25-13-12-17-8-4-3-5-9-17)20-14-21(29-16(2)26)18-10-6-7-11-19(18)23(20)28-15/h6-8,10-11,14H,3-5,9,12-13H2,1-2H3,(H,25,27). The highest BCUT2D eigenvalue weighted by Crippen LogP contribution is 2.37. The molecule has 0 fully saturated rings. The maximum Gasteiger partial charge on any atom is 0.308 e. The summed E-state index contributed by atoms with van der Waals surface area (Å²) in [7, 11) is 0. The number of ether oxygens (including phenoxy) is 1. The maximum absolute atomic E-state index is 13.0. The van der Waals surface area contributed by atoms with E-state index in [1.807, 2.05) is 24.3 Å². The number of esters is 1. The number of aryl methyl sites for hydroxylation is 1. The van der Waals surface area contributed by atoms with Crippen LogP contribution in [0.2, 0.25) is 0 Å². The Kier molecular flexibility index (Phi) is 5.38. The molecule has 3 aromatic rings. The Morgan fingerprint density at radius 1 is 1.14 bits per heavy atom. The average Bonchev–Trinajstić information content (AvgIpc) is 3.04. The molecule has 0 atom stereocenters. The van der Waals surface area contributed by atoms with Crippen LogP contribution >= 0.6 is 0 Å². The zero-order chi connectivity index (χ0) is 20.4. The Hall–Kier alpha value is -3.08. The van der Waals surface area contributed by atoms with E-state index in [2.05, 4.69) is 11.4 Å². The van der Waals surface area contributed by atoms with Crippen molar-refractivity contribution in [3.63, 3.8) is 0 Å². The molecule has 5 nitrogen and oxygen atoms in total. The fraction of sp³-hybridized carbons (Fsp3) is 0.333. The SMILES string of the molecule is CC(=O)Oc1cc2c(C(=O)NCCC3=CCCCC3)c(C)oc2c2ccccc12. The first-order valence-electron chi connectivity index (χ1n) is 10.1. The topological polar surface area (TPSA) is 68.5 Å². The molecule has 1 aliphatic carbocycles. The summed E-state index contributed by atoms with van der Waals surface area (Å²) in [4.78, 5) is 24.5. The summed E-state index contributed by atoms with van der Waals surface area (Å²) >= 11 is 0. The molecule has 150 valence electrons. The molecule has 0 radical (unpaired) electrons. The van der Waals surface area contributed by atoms with Crippen LogP contribution in [0.3, 0.4) is 0 Å². The Morgan fingerprint density at radius 2 is 1.93 bits per heavy atom. The lowest BCUT2D eigenvalue weighted by molar-refractivity contribution is -0.131.